The van der Waals surface area contributed by atoms with E-state index < -0.39 is 0 Å². The number of nitrogens with one attached hydrogen (secondary N) is 1. The number of carbonyl (C=O) groups is 1. The second-order valence-corrected chi connectivity index (χ2v) is 8.57. The fraction of sp³-hybridized carbons (Fsp3) is 0.526. The minimum atomic E-state index is 0.103. The molecule has 7 heteroatoms. The van der Waals surface area contributed by atoms with E-state index in [4.69, 9.17) is 11.6 Å². The molecule has 1 heterocycles. The molecular formula is C19H23ClN4OS. The normalized spacial score (nSPS) is 24.2. The van der Waals surface area contributed by atoms with Crippen LogP contribution in [0, 0.1) is 11.8 Å². The lowest BCUT2D eigenvalue weighted by atomic mass is 9.95. The summed E-state index contributed by atoms with van der Waals surface area (Å²) in [4.78, 5) is 12.4. The van der Waals surface area contributed by atoms with E-state index in [0.29, 0.717) is 22.7 Å². The molecule has 1 N–H and O–H groups in total. The molecule has 2 fully saturated rings. The average Bonchev–Trinajstić information content (AvgIpc) is 3.35. The van der Waals surface area contributed by atoms with Gasteiger partial charge in [0.15, 0.2) is 11.0 Å². The Labute approximate surface area is 162 Å². The maximum absolute atomic E-state index is 12.4. The van der Waals surface area contributed by atoms with E-state index in [2.05, 4.69) is 22.4 Å². The standard InChI is InChI=1S/C19H23ClN4OS/c1-2-24-18(13-5-7-15(20)8-6-13)22-23-19(24)26-11-17(25)21-16-10-12-3-4-14(16)9-12/h5-8,12,14,16H,2-4,9-11H2,1H3,(H,21,25)/t12-,14-,16+/m1/s1. The summed E-state index contributed by atoms with van der Waals surface area (Å²) in [5.41, 5.74) is 0.974. The summed E-state index contributed by atoms with van der Waals surface area (Å²) in [5, 5.41) is 13.3. The van der Waals surface area contributed by atoms with Crippen LogP contribution in [0.25, 0.3) is 11.4 Å². The summed E-state index contributed by atoms with van der Waals surface area (Å²) < 4.78 is 2.04. The second-order valence-electron chi connectivity index (χ2n) is 7.19. The van der Waals surface area contributed by atoms with Gasteiger partial charge in [0.05, 0.1) is 5.75 Å². The molecule has 1 aromatic carbocycles. The van der Waals surface area contributed by atoms with E-state index in [1.54, 1.807) is 0 Å². The maximum atomic E-state index is 12.4. The van der Waals surface area contributed by atoms with Gasteiger partial charge >= 0.3 is 0 Å². The molecule has 3 atom stereocenters. The topological polar surface area (TPSA) is 59.8 Å². The van der Waals surface area contributed by atoms with Crippen LogP contribution in [0.3, 0.4) is 0 Å². The highest BCUT2D eigenvalue weighted by Crippen LogP contribution is 2.44. The molecule has 2 saturated carbocycles. The van der Waals surface area contributed by atoms with Crippen LogP contribution >= 0.6 is 23.4 Å². The summed E-state index contributed by atoms with van der Waals surface area (Å²) in [6.45, 7) is 2.81. The molecule has 2 aromatic rings. The third-order valence-electron chi connectivity index (χ3n) is 5.55. The summed E-state index contributed by atoms with van der Waals surface area (Å²) in [5.74, 6) is 2.83. The molecule has 138 valence electrons. The monoisotopic (exact) mass is 390 g/mol. The second kappa shape index (κ2) is 7.61. The van der Waals surface area contributed by atoms with Crippen molar-refractivity contribution in [3.8, 4) is 11.4 Å². The third kappa shape index (κ3) is 3.62. The third-order valence-corrected chi connectivity index (χ3v) is 6.77. The molecule has 0 radical (unpaired) electrons. The number of carbonyl (C=O) groups excluding carboxylic acids is 1. The van der Waals surface area contributed by atoms with Crippen molar-refractivity contribution in [2.45, 2.75) is 50.4 Å². The number of rotatable bonds is 6. The summed E-state index contributed by atoms with van der Waals surface area (Å²) in [7, 11) is 0. The molecule has 2 bridgehead atoms. The van der Waals surface area contributed by atoms with Crippen LogP contribution in [-0.2, 0) is 11.3 Å². The lowest BCUT2D eigenvalue weighted by molar-refractivity contribution is -0.119. The quantitative estimate of drug-likeness (QED) is 0.757. The van der Waals surface area contributed by atoms with E-state index in [1.807, 2.05) is 28.8 Å². The van der Waals surface area contributed by atoms with Crippen LogP contribution in [0.5, 0.6) is 0 Å². The van der Waals surface area contributed by atoms with Gasteiger partial charge in [0.2, 0.25) is 5.91 Å². The summed E-state index contributed by atoms with van der Waals surface area (Å²) >= 11 is 7.42. The predicted octanol–water partition coefficient (Wildman–Crippen LogP) is 4.02. The van der Waals surface area contributed by atoms with Crippen LogP contribution in [0.1, 0.15) is 32.6 Å². The molecule has 4 rings (SSSR count). The maximum Gasteiger partial charge on any atom is 0.230 e. The number of nitrogens with zero attached hydrogens (tertiary/aromatic N) is 3. The smallest absolute Gasteiger partial charge is 0.230 e. The lowest BCUT2D eigenvalue weighted by Gasteiger charge is -2.22. The highest BCUT2D eigenvalue weighted by Gasteiger charge is 2.40. The Bertz CT molecular complexity index is 791. The minimum Gasteiger partial charge on any atom is -0.352 e. The Hall–Kier alpha value is -1.53. The number of hydrogen-bond donors (Lipinski definition) is 1. The van der Waals surface area contributed by atoms with E-state index in [-0.39, 0.29) is 5.91 Å². The zero-order valence-corrected chi connectivity index (χ0v) is 16.4. The molecule has 5 nitrogen and oxygen atoms in total. The predicted molar refractivity (Wildman–Crippen MR) is 104 cm³/mol. The number of aromatic nitrogens is 3. The largest absolute Gasteiger partial charge is 0.352 e. The van der Waals surface area contributed by atoms with Crippen LogP contribution < -0.4 is 5.32 Å². The molecule has 1 aromatic heterocycles. The number of benzene rings is 1. The van der Waals surface area contributed by atoms with Gasteiger partial charge in [-0.25, -0.2) is 0 Å². The van der Waals surface area contributed by atoms with Crippen molar-refractivity contribution in [3.63, 3.8) is 0 Å². The molecule has 2 aliphatic rings. The first-order chi connectivity index (χ1) is 12.6. The van der Waals surface area contributed by atoms with Crippen molar-refractivity contribution < 1.29 is 4.79 Å². The molecular weight excluding hydrogens is 368 g/mol. The van der Waals surface area contributed by atoms with Gasteiger partial charge in [-0.15, -0.1) is 10.2 Å². The molecule has 2 aliphatic carbocycles. The Kier molecular flexibility index (Phi) is 5.23. The Morgan fingerprint density at radius 2 is 2.08 bits per heavy atom. The number of hydrogen-bond acceptors (Lipinski definition) is 4. The van der Waals surface area contributed by atoms with Crippen molar-refractivity contribution in [1.82, 2.24) is 20.1 Å². The van der Waals surface area contributed by atoms with Gasteiger partial charge in [-0.05, 0) is 62.3 Å². The van der Waals surface area contributed by atoms with E-state index >= 15 is 0 Å². The molecule has 0 spiro atoms. The van der Waals surface area contributed by atoms with Gasteiger partial charge in [-0.1, -0.05) is 29.8 Å². The summed E-state index contributed by atoms with van der Waals surface area (Å²) in [6, 6.07) is 7.96. The van der Waals surface area contributed by atoms with Crippen LogP contribution in [-0.4, -0.2) is 32.5 Å². The zero-order chi connectivity index (χ0) is 18.1. The first-order valence-corrected chi connectivity index (χ1v) is 10.6. The molecule has 0 saturated heterocycles. The Balaban J connectivity index is 1.39. The van der Waals surface area contributed by atoms with Gasteiger partial charge in [0, 0.05) is 23.2 Å². The number of fused-ring (bicyclic) bond motifs is 2. The molecule has 1 amide bonds. The SMILES string of the molecule is CCn1c(SCC(=O)N[C@H]2C[C@@H]3CC[C@@H]2C3)nnc1-c1ccc(Cl)cc1. The van der Waals surface area contributed by atoms with Crippen LogP contribution in [0.4, 0.5) is 0 Å². The average molecular weight is 391 g/mol. The van der Waals surface area contributed by atoms with Crippen molar-refractivity contribution in [2.24, 2.45) is 11.8 Å². The lowest BCUT2D eigenvalue weighted by Crippen LogP contribution is -2.39. The fourth-order valence-electron chi connectivity index (χ4n) is 4.29. The van der Waals surface area contributed by atoms with Gasteiger partial charge in [-0.3, -0.25) is 4.79 Å². The van der Waals surface area contributed by atoms with E-state index in [1.165, 1.54) is 31.0 Å². The van der Waals surface area contributed by atoms with Crippen molar-refractivity contribution in [2.75, 3.05) is 5.75 Å². The molecule has 26 heavy (non-hydrogen) atoms. The molecule has 0 aliphatic heterocycles. The van der Waals surface area contributed by atoms with Crippen LogP contribution in [0.2, 0.25) is 5.02 Å². The number of halogens is 1. The van der Waals surface area contributed by atoms with Gasteiger partial charge in [0.1, 0.15) is 0 Å². The highest BCUT2D eigenvalue weighted by atomic mass is 35.5. The minimum absolute atomic E-state index is 0.103. The van der Waals surface area contributed by atoms with Gasteiger partial charge in [0.25, 0.3) is 0 Å². The van der Waals surface area contributed by atoms with E-state index in [0.717, 1.165) is 35.4 Å². The molecule has 0 unspecified atom stereocenters. The first kappa shape index (κ1) is 17.9. The Morgan fingerprint density at radius 1 is 1.27 bits per heavy atom. The summed E-state index contributed by atoms with van der Waals surface area (Å²) in [6.07, 6.45) is 5.08. The van der Waals surface area contributed by atoms with Gasteiger partial charge < -0.3 is 9.88 Å². The fourth-order valence-corrected chi connectivity index (χ4v) is 5.23. The van der Waals surface area contributed by atoms with Gasteiger partial charge in [-0.2, -0.15) is 0 Å². The zero-order valence-electron chi connectivity index (χ0n) is 14.8. The Morgan fingerprint density at radius 3 is 2.73 bits per heavy atom. The van der Waals surface area contributed by atoms with Crippen LogP contribution in [0.15, 0.2) is 29.4 Å². The van der Waals surface area contributed by atoms with E-state index in [9.17, 15) is 4.79 Å². The highest BCUT2D eigenvalue weighted by molar-refractivity contribution is 7.99. The number of thioether (sulfide) groups is 1. The van der Waals surface area contributed by atoms with Crippen molar-refractivity contribution in [1.29, 1.82) is 0 Å². The first-order valence-electron chi connectivity index (χ1n) is 9.25. The van der Waals surface area contributed by atoms with Crippen molar-refractivity contribution >= 4 is 29.3 Å². The number of amides is 1. The van der Waals surface area contributed by atoms with Crippen molar-refractivity contribution in [3.05, 3.63) is 29.3 Å².